The molecular weight excluding hydrogens is 758 g/mol. The summed E-state index contributed by atoms with van der Waals surface area (Å²) in [5.74, 6) is -0.338. The number of esters is 1. The number of allylic oxidation sites excluding steroid dienone is 5. The molecule has 0 aromatic heterocycles. The highest BCUT2D eigenvalue weighted by molar-refractivity contribution is 7.47. The minimum atomic E-state index is -4.30. The normalized spacial score (nSPS) is 13.9. The van der Waals surface area contributed by atoms with Gasteiger partial charge in [0.15, 0.2) is 6.10 Å². The molecule has 0 aliphatic heterocycles. The van der Waals surface area contributed by atoms with E-state index in [1.807, 2.05) is 27.2 Å². The smallest absolute Gasteiger partial charge is 0.472 e. The van der Waals surface area contributed by atoms with Gasteiger partial charge in [0.2, 0.25) is 0 Å². The van der Waals surface area contributed by atoms with Gasteiger partial charge >= 0.3 is 13.8 Å². The summed E-state index contributed by atoms with van der Waals surface area (Å²) in [6.45, 7) is 4.93. The summed E-state index contributed by atoms with van der Waals surface area (Å²) in [6, 6.07) is 0. The van der Waals surface area contributed by atoms with Crippen LogP contribution in [0.1, 0.15) is 226 Å². The monoisotopic (exact) mass is 855 g/mol. The number of phosphoric acid groups is 1. The van der Waals surface area contributed by atoms with Crippen LogP contribution in [0.3, 0.4) is 0 Å². The molecular formula is C50H97NO7P+. The second-order valence-electron chi connectivity index (χ2n) is 17.9. The first kappa shape index (κ1) is 57.6. The van der Waals surface area contributed by atoms with Crippen LogP contribution in [0.4, 0.5) is 0 Å². The number of phosphoric ester groups is 1. The summed E-state index contributed by atoms with van der Waals surface area (Å²) in [6.07, 6.45) is 52.8. The van der Waals surface area contributed by atoms with Crippen LogP contribution in [0.2, 0.25) is 0 Å². The van der Waals surface area contributed by atoms with E-state index in [9.17, 15) is 14.3 Å². The van der Waals surface area contributed by atoms with Gasteiger partial charge in [-0.1, -0.05) is 173 Å². The van der Waals surface area contributed by atoms with Gasteiger partial charge in [-0.25, -0.2) is 4.57 Å². The molecule has 0 radical (unpaired) electrons. The molecule has 0 spiro atoms. The van der Waals surface area contributed by atoms with Crippen LogP contribution in [-0.2, 0) is 27.9 Å². The third kappa shape index (κ3) is 47.5. The number of likely N-dealkylation sites (N-methyl/N-ethyl adjacent to an activating group) is 1. The summed E-state index contributed by atoms with van der Waals surface area (Å²) < 4.78 is 34.8. The van der Waals surface area contributed by atoms with Gasteiger partial charge in [-0.15, -0.1) is 0 Å². The zero-order valence-corrected chi connectivity index (χ0v) is 40.4. The maximum Gasteiger partial charge on any atom is 0.472 e. The first-order valence-corrected chi connectivity index (χ1v) is 26.3. The number of carbonyl (C=O) groups excluding carboxylic acids is 1. The molecule has 59 heavy (non-hydrogen) atoms. The molecule has 0 fully saturated rings. The van der Waals surface area contributed by atoms with Crippen LogP contribution >= 0.6 is 7.82 Å². The number of unbranched alkanes of at least 4 members (excludes halogenated alkanes) is 28. The second-order valence-corrected chi connectivity index (χ2v) is 19.4. The van der Waals surface area contributed by atoms with E-state index in [1.54, 1.807) is 6.26 Å². The molecule has 0 aliphatic rings. The van der Waals surface area contributed by atoms with Gasteiger partial charge in [-0.2, -0.15) is 0 Å². The first-order valence-electron chi connectivity index (χ1n) is 24.8. The number of carbonyl (C=O) groups is 1. The molecule has 0 aromatic carbocycles. The van der Waals surface area contributed by atoms with E-state index in [2.05, 4.69) is 38.2 Å². The zero-order chi connectivity index (χ0) is 43.4. The van der Waals surface area contributed by atoms with Gasteiger partial charge in [0.1, 0.15) is 19.8 Å². The number of nitrogens with zero attached hydrogens (tertiary/aromatic N) is 1. The predicted molar refractivity (Wildman–Crippen MR) is 252 cm³/mol. The van der Waals surface area contributed by atoms with Gasteiger partial charge in [0.25, 0.3) is 0 Å². The van der Waals surface area contributed by atoms with Crippen molar-refractivity contribution in [2.45, 2.75) is 232 Å². The average molecular weight is 855 g/mol. The van der Waals surface area contributed by atoms with Crippen molar-refractivity contribution in [1.29, 1.82) is 0 Å². The van der Waals surface area contributed by atoms with Gasteiger partial charge in [0, 0.05) is 6.42 Å². The summed E-state index contributed by atoms with van der Waals surface area (Å²) >= 11 is 0. The maximum absolute atomic E-state index is 12.7. The topological polar surface area (TPSA) is 91.3 Å². The number of ether oxygens (including phenoxy) is 2. The minimum absolute atomic E-state index is 0.0442. The van der Waals surface area contributed by atoms with Crippen LogP contribution in [0.15, 0.2) is 36.6 Å². The third-order valence-corrected chi connectivity index (χ3v) is 11.7. The molecule has 1 unspecified atom stereocenters. The Hall–Kier alpha value is -1.44. The van der Waals surface area contributed by atoms with Crippen LogP contribution in [0.5, 0.6) is 0 Å². The Balaban J connectivity index is 4.20. The quantitative estimate of drug-likeness (QED) is 0.0163. The lowest BCUT2D eigenvalue weighted by Gasteiger charge is -2.24. The molecule has 0 saturated carbocycles. The third-order valence-electron chi connectivity index (χ3n) is 10.7. The highest BCUT2D eigenvalue weighted by Crippen LogP contribution is 2.43. The summed E-state index contributed by atoms with van der Waals surface area (Å²) in [4.78, 5) is 22.9. The highest BCUT2D eigenvalue weighted by atomic mass is 31.2. The Kier molecular flexibility index (Phi) is 42.2. The van der Waals surface area contributed by atoms with Gasteiger partial charge < -0.3 is 18.9 Å². The van der Waals surface area contributed by atoms with Crippen molar-refractivity contribution in [3.05, 3.63) is 36.6 Å². The lowest BCUT2D eigenvalue weighted by Crippen LogP contribution is -2.37. The van der Waals surface area contributed by atoms with Gasteiger partial charge in [0.05, 0.1) is 34.0 Å². The largest absolute Gasteiger partial charge is 0.498 e. The van der Waals surface area contributed by atoms with Crippen molar-refractivity contribution in [1.82, 2.24) is 0 Å². The predicted octanol–water partition coefficient (Wildman–Crippen LogP) is 15.3. The summed E-state index contributed by atoms with van der Waals surface area (Å²) in [5.41, 5.74) is 0. The summed E-state index contributed by atoms with van der Waals surface area (Å²) in [5, 5.41) is 0. The number of rotatable bonds is 46. The van der Waals surface area contributed by atoms with Gasteiger partial charge in [-0.3, -0.25) is 13.8 Å². The molecule has 348 valence electrons. The lowest BCUT2D eigenvalue weighted by molar-refractivity contribution is -0.870. The number of hydrogen-bond donors (Lipinski definition) is 1. The molecule has 0 saturated heterocycles. The van der Waals surface area contributed by atoms with E-state index in [4.69, 9.17) is 18.5 Å². The van der Waals surface area contributed by atoms with Crippen LogP contribution < -0.4 is 0 Å². The molecule has 8 nitrogen and oxygen atoms in total. The molecule has 0 aliphatic carbocycles. The number of hydrogen-bond acceptors (Lipinski definition) is 6. The first-order chi connectivity index (χ1) is 28.6. The highest BCUT2D eigenvalue weighted by Gasteiger charge is 2.26. The van der Waals surface area contributed by atoms with E-state index < -0.39 is 13.9 Å². The maximum atomic E-state index is 12.7. The molecule has 2 atom stereocenters. The summed E-state index contributed by atoms with van der Waals surface area (Å²) in [7, 11) is 1.63. The van der Waals surface area contributed by atoms with E-state index in [0.717, 1.165) is 38.5 Å². The lowest BCUT2D eigenvalue weighted by atomic mass is 10.0. The molecule has 0 rings (SSSR count). The fourth-order valence-electron chi connectivity index (χ4n) is 6.86. The Morgan fingerprint density at radius 2 is 0.898 bits per heavy atom. The molecule has 0 aromatic rings. The fraction of sp³-hybridized carbons (Fsp3) is 0.860. The Morgan fingerprint density at radius 1 is 0.525 bits per heavy atom. The van der Waals surface area contributed by atoms with E-state index in [-0.39, 0.29) is 25.8 Å². The molecule has 0 heterocycles. The molecule has 0 amide bonds. The Bertz CT molecular complexity index is 1040. The zero-order valence-electron chi connectivity index (χ0n) is 39.5. The van der Waals surface area contributed by atoms with E-state index in [1.165, 1.54) is 167 Å². The molecule has 0 bridgehead atoms. The fourth-order valence-corrected chi connectivity index (χ4v) is 7.60. The van der Waals surface area contributed by atoms with Crippen LogP contribution in [0.25, 0.3) is 0 Å². The van der Waals surface area contributed by atoms with Crippen molar-refractivity contribution in [3.8, 4) is 0 Å². The molecule has 1 N–H and O–H groups in total. The Morgan fingerprint density at radius 3 is 1.31 bits per heavy atom. The van der Waals surface area contributed by atoms with Crippen molar-refractivity contribution in [3.63, 3.8) is 0 Å². The average Bonchev–Trinajstić information content (AvgIpc) is 3.19. The van der Waals surface area contributed by atoms with Crippen LogP contribution in [0, 0.1) is 0 Å². The Labute approximate surface area is 365 Å². The van der Waals surface area contributed by atoms with E-state index in [0.29, 0.717) is 17.4 Å². The van der Waals surface area contributed by atoms with Crippen molar-refractivity contribution in [2.75, 3.05) is 47.5 Å². The van der Waals surface area contributed by atoms with Gasteiger partial charge in [-0.05, 0) is 76.7 Å². The second kappa shape index (κ2) is 43.2. The van der Waals surface area contributed by atoms with Crippen LogP contribution in [-0.4, -0.2) is 69.0 Å². The minimum Gasteiger partial charge on any atom is -0.498 e. The van der Waals surface area contributed by atoms with Crippen molar-refractivity contribution in [2.24, 2.45) is 0 Å². The van der Waals surface area contributed by atoms with Crippen molar-refractivity contribution >= 4 is 13.8 Å². The standard InChI is InChI=1S/C50H96NO7P/c1-6-8-10-12-14-16-18-20-22-24-25-26-27-28-29-31-33-35-37-39-41-43-50(52)58-49(48-57-59(53,54)56-46-44-51(3,4)5)47-55-45-42-40-38-36-34-32-30-23-21-19-17-15-13-11-9-7-2/h20-23,42,45,49H,6-19,24-41,43-44,46-48H2,1-5H3/p+1/b22-20-,23-21-,45-42-/t49-/m1/s1. The number of quaternary nitrogens is 1. The van der Waals surface area contributed by atoms with E-state index >= 15 is 0 Å². The molecule has 9 heteroatoms. The SMILES string of the molecule is CCCCCCCC/C=C\CCCCCC/C=C\OC[C@H](COP(=O)(O)OCC[N+](C)(C)C)OC(=O)CCCCCCCCCCCCC/C=C\CCCCCCCC. The van der Waals surface area contributed by atoms with Crippen molar-refractivity contribution < 1.29 is 37.3 Å².